The van der Waals surface area contributed by atoms with E-state index in [1.54, 1.807) is 4.90 Å². The van der Waals surface area contributed by atoms with E-state index in [4.69, 9.17) is 0 Å². The van der Waals surface area contributed by atoms with Gasteiger partial charge in [-0.15, -0.1) is 0 Å². The molecule has 2 saturated heterocycles. The second-order valence-corrected chi connectivity index (χ2v) is 8.41. The number of imide groups is 1. The lowest BCUT2D eigenvalue weighted by atomic mass is 10.0. The van der Waals surface area contributed by atoms with E-state index in [1.807, 2.05) is 36.1 Å². The van der Waals surface area contributed by atoms with Crippen LogP contribution >= 0.6 is 0 Å². The summed E-state index contributed by atoms with van der Waals surface area (Å²) in [5.74, 6) is -0.779. The Bertz CT molecular complexity index is 1050. The highest BCUT2D eigenvalue weighted by Gasteiger charge is 2.40. The van der Waals surface area contributed by atoms with Crippen molar-refractivity contribution in [1.82, 2.24) is 30.2 Å². The molecule has 4 heterocycles. The van der Waals surface area contributed by atoms with Gasteiger partial charge >= 0.3 is 0 Å². The van der Waals surface area contributed by atoms with Crippen LogP contribution in [0.5, 0.6) is 0 Å². The van der Waals surface area contributed by atoms with Crippen molar-refractivity contribution in [2.45, 2.75) is 38.0 Å². The van der Waals surface area contributed by atoms with Crippen LogP contribution < -0.4 is 10.6 Å². The third-order valence-electron chi connectivity index (χ3n) is 6.61. The van der Waals surface area contributed by atoms with Gasteiger partial charge in [0.2, 0.25) is 11.8 Å². The lowest BCUT2D eigenvalue weighted by Gasteiger charge is -2.36. The van der Waals surface area contributed by atoms with Crippen molar-refractivity contribution in [3.05, 3.63) is 52.8 Å². The highest BCUT2D eigenvalue weighted by molar-refractivity contribution is 6.05. The Morgan fingerprint density at radius 2 is 2.03 bits per heavy atom. The van der Waals surface area contributed by atoms with Crippen molar-refractivity contribution in [2.75, 3.05) is 19.6 Å². The normalized spacial score (nSPS) is 24.4. The predicted molar refractivity (Wildman–Crippen MR) is 112 cm³/mol. The highest BCUT2D eigenvalue weighted by Crippen LogP contribution is 2.32. The Morgan fingerprint density at radius 3 is 2.81 bits per heavy atom. The Hall–Kier alpha value is -3.04. The van der Waals surface area contributed by atoms with Gasteiger partial charge in [-0.2, -0.15) is 5.10 Å². The number of benzene rings is 1. The van der Waals surface area contributed by atoms with Gasteiger partial charge in [0.1, 0.15) is 6.04 Å². The molecule has 0 spiro atoms. The molecule has 3 aliphatic heterocycles. The number of hydrogen-bond donors (Lipinski definition) is 2. The first-order chi connectivity index (χ1) is 15.0. The molecule has 0 bridgehead atoms. The molecule has 2 N–H and O–H groups in total. The minimum absolute atomic E-state index is 0.130. The zero-order chi connectivity index (χ0) is 21.5. The third-order valence-corrected chi connectivity index (χ3v) is 6.61. The average molecular weight is 422 g/mol. The van der Waals surface area contributed by atoms with Gasteiger partial charge in [-0.25, -0.2) is 0 Å². The molecule has 31 heavy (non-hydrogen) atoms. The minimum atomic E-state index is -0.591. The zero-order valence-electron chi connectivity index (χ0n) is 17.5. The summed E-state index contributed by atoms with van der Waals surface area (Å²) >= 11 is 0. The van der Waals surface area contributed by atoms with Crippen LogP contribution in [-0.4, -0.2) is 63.0 Å². The van der Waals surface area contributed by atoms with Crippen molar-refractivity contribution in [3.8, 4) is 0 Å². The molecule has 9 heteroatoms. The first-order valence-corrected chi connectivity index (χ1v) is 10.7. The predicted octanol–water partition coefficient (Wildman–Crippen LogP) is 0.328. The maximum Gasteiger partial charge on any atom is 0.255 e. The molecule has 0 aliphatic carbocycles. The molecule has 0 saturated carbocycles. The van der Waals surface area contributed by atoms with E-state index >= 15 is 0 Å². The van der Waals surface area contributed by atoms with Crippen LogP contribution in [-0.2, 0) is 29.7 Å². The van der Waals surface area contributed by atoms with Crippen LogP contribution in [0, 0.1) is 0 Å². The van der Waals surface area contributed by atoms with E-state index in [1.165, 1.54) is 0 Å². The van der Waals surface area contributed by atoms with Crippen LogP contribution in [0.1, 0.15) is 46.1 Å². The van der Waals surface area contributed by atoms with E-state index in [-0.39, 0.29) is 30.2 Å². The van der Waals surface area contributed by atoms with Gasteiger partial charge in [0.05, 0.1) is 11.7 Å². The Kier molecular flexibility index (Phi) is 5.07. The summed E-state index contributed by atoms with van der Waals surface area (Å²) in [6.07, 6.45) is 2.45. The largest absolute Gasteiger partial charge is 0.322 e. The molecule has 3 amide bonds. The summed E-state index contributed by atoms with van der Waals surface area (Å²) in [4.78, 5) is 41.0. The number of amides is 3. The number of aryl methyl sites for hydroxylation is 1. The fourth-order valence-corrected chi connectivity index (χ4v) is 4.96. The van der Waals surface area contributed by atoms with Crippen molar-refractivity contribution in [1.29, 1.82) is 0 Å². The summed E-state index contributed by atoms with van der Waals surface area (Å²) in [7, 11) is 1.96. The van der Waals surface area contributed by atoms with Crippen molar-refractivity contribution < 1.29 is 14.4 Å². The number of carbonyl (C=O) groups is 3. The van der Waals surface area contributed by atoms with Gasteiger partial charge < -0.3 is 10.2 Å². The Morgan fingerprint density at radius 1 is 1.16 bits per heavy atom. The summed E-state index contributed by atoms with van der Waals surface area (Å²) in [6, 6.07) is 7.48. The van der Waals surface area contributed by atoms with Gasteiger partial charge in [0.25, 0.3) is 5.91 Å². The second-order valence-electron chi connectivity index (χ2n) is 8.41. The lowest BCUT2D eigenvalue weighted by Crippen LogP contribution is -2.52. The number of hydrogen-bond acceptors (Lipinski definition) is 6. The summed E-state index contributed by atoms with van der Waals surface area (Å²) in [6.45, 7) is 3.77. The van der Waals surface area contributed by atoms with Crippen molar-refractivity contribution in [3.63, 3.8) is 0 Å². The van der Waals surface area contributed by atoms with Gasteiger partial charge in [0.15, 0.2) is 0 Å². The maximum absolute atomic E-state index is 13.1. The molecule has 3 aliphatic rings. The van der Waals surface area contributed by atoms with Gasteiger partial charge in [0, 0.05) is 58.0 Å². The fourth-order valence-electron chi connectivity index (χ4n) is 4.96. The van der Waals surface area contributed by atoms with Crippen LogP contribution in [0.2, 0.25) is 0 Å². The third kappa shape index (κ3) is 3.53. The van der Waals surface area contributed by atoms with Crippen LogP contribution in [0.25, 0.3) is 0 Å². The molecule has 1 aromatic carbocycles. The number of carbonyl (C=O) groups excluding carboxylic acids is 3. The molecule has 2 atom stereocenters. The van der Waals surface area contributed by atoms with Crippen LogP contribution in [0.15, 0.2) is 30.5 Å². The SMILES string of the molecule is Cn1nccc1C1CNCCN1Cc1cccc2c1CN(C1CCC(=O)NC1=O)C2=O. The molecule has 2 aromatic rings. The van der Waals surface area contributed by atoms with Gasteiger partial charge in [-0.05, 0) is 29.7 Å². The monoisotopic (exact) mass is 422 g/mol. The molecule has 1 aromatic heterocycles. The highest BCUT2D eigenvalue weighted by atomic mass is 16.2. The molecule has 162 valence electrons. The molecule has 2 fully saturated rings. The quantitative estimate of drug-likeness (QED) is 0.689. The number of rotatable bonds is 4. The summed E-state index contributed by atoms with van der Waals surface area (Å²) < 4.78 is 1.91. The van der Waals surface area contributed by atoms with E-state index in [9.17, 15) is 14.4 Å². The smallest absolute Gasteiger partial charge is 0.255 e. The van der Waals surface area contributed by atoms with Crippen molar-refractivity contribution in [2.24, 2.45) is 7.05 Å². The molecular formula is C22H26N6O3. The second kappa shape index (κ2) is 7.90. The topological polar surface area (TPSA) is 99.6 Å². The van der Waals surface area contributed by atoms with Crippen molar-refractivity contribution >= 4 is 17.7 Å². The standard InChI is InChI=1S/C22H26N6O3/c1-26-17(7-8-24-26)19-11-23-9-10-27(19)12-14-3-2-4-15-16(14)13-28(22(15)31)18-5-6-20(29)25-21(18)30/h2-4,7-8,18-19,23H,5-6,9-13H2,1H3,(H,25,29,30). The number of nitrogens with one attached hydrogen (secondary N) is 2. The first kappa shape index (κ1) is 19.9. The number of piperazine rings is 1. The van der Waals surface area contributed by atoms with E-state index in [0.717, 1.165) is 43.0 Å². The number of nitrogens with zero attached hydrogens (tertiary/aromatic N) is 4. The van der Waals surface area contributed by atoms with Crippen LogP contribution in [0.4, 0.5) is 0 Å². The fraction of sp³-hybridized carbons (Fsp3) is 0.455. The first-order valence-electron chi connectivity index (χ1n) is 10.7. The molecule has 5 rings (SSSR count). The number of aromatic nitrogens is 2. The van der Waals surface area contributed by atoms with E-state index in [0.29, 0.717) is 18.5 Å². The van der Waals surface area contributed by atoms with Gasteiger partial charge in [-0.1, -0.05) is 12.1 Å². The lowest BCUT2D eigenvalue weighted by molar-refractivity contribution is -0.136. The van der Waals surface area contributed by atoms with Crippen LogP contribution in [0.3, 0.4) is 0 Å². The number of piperidine rings is 1. The van der Waals surface area contributed by atoms with Gasteiger partial charge in [-0.3, -0.25) is 29.3 Å². The van der Waals surface area contributed by atoms with E-state index in [2.05, 4.69) is 26.7 Å². The van der Waals surface area contributed by atoms with E-state index < -0.39 is 6.04 Å². The Balaban J connectivity index is 1.40. The minimum Gasteiger partial charge on any atom is -0.322 e. The summed E-state index contributed by atoms with van der Waals surface area (Å²) in [5, 5.41) is 10.2. The molecule has 2 unspecified atom stereocenters. The molecular weight excluding hydrogens is 396 g/mol. The summed E-state index contributed by atoms with van der Waals surface area (Å²) in [5.41, 5.74) is 3.91. The number of fused-ring (bicyclic) bond motifs is 1. The molecule has 0 radical (unpaired) electrons. The molecule has 9 nitrogen and oxygen atoms in total. The zero-order valence-corrected chi connectivity index (χ0v) is 17.5. The average Bonchev–Trinajstić information content (AvgIpc) is 3.33. The maximum atomic E-state index is 13.1. The Labute approximate surface area is 180 Å².